The molecule has 0 saturated heterocycles. The molecule has 0 radical (unpaired) electrons. The zero-order valence-electron chi connectivity index (χ0n) is 15.3. The minimum Gasteiger partial charge on any atom is -0.361 e. The lowest BCUT2D eigenvalue weighted by Gasteiger charge is -2.07. The zero-order chi connectivity index (χ0) is 19.2. The van der Waals surface area contributed by atoms with E-state index >= 15 is 0 Å². The number of rotatable bonds is 6. The van der Waals surface area contributed by atoms with E-state index in [1.807, 2.05) is 44.3 Å². The van der Waals surface area contributed by atoms with Crippen LogP contribution in [0.2, 0.25) is 0 Å². The van der Waals surface area contributed by atoms with Crippen LogP contribution in [0.15, 0.2) is 59.8 Å². The Bertz CT molecular complexity index is 971. The van der Waals surface area contributed by atoms with Gasteiger partial charge in [0, 0.05) is 40.3 Å². The number of hydrogen-bond donors (Lipinski definition) is 3. The molecule has 0 aliphatic carbocycles. The second kappa shape index (κ2) is 8.31. The van der Waals surface area contributed by atoms with E-state index in [2.05, 4.69) is 20.8 Å². The summed E-state index contributed by atoms with van der Waals surface area (Å²) in [6, 6.07) is 14.6. The number of aromatic nitrogens is 1. The summed E-state index contributed by atoms with van der Waals surface area (Å²) >= 11 is 0. The first kappa shape index (κ1) is 18.4. The molecule has 27 heavy (non-hydrogen) atoms. The fourth-order valence-corrected chi connectivity index (χ4v) is 2.71. The average molecular weight is 362 g/mol. The van der Waals surface area contributed by atoms with Crippen LogP contribution in [-0.4, -0.2) is 23.0 Å². The first-order valence-electron chi connectivity index (χ1n) is 8.82. The van der Waals surface area contributed by atoms with E-state index in [1.165, 1.54) is 0 Å². The molecule has 138 valence electrons. The Balaban J connectivity index is 1.58. The molecule has 0 saturated carbocycles. The van der Waals surface area contributed by atoms with E-state index in [9.17, 15) is 9.59 Å². The fourth-order valence-electron chi connectivity index (χ4n) is 2.71. The largest absolute Gasteiger partial charge is 0.361 e. The van der Waals surface area contributed by atoms with Gasteiger partial charge in [0.15, 0.2) is 0 Å². The molecular formula is C21H22N4O2. The predicted molar refractivity (Wildman–Crippen MR) is 108 cm³/mol. The Morgan fingerprint density at radius 1 is 1.11 bits per heavy atom. The Morgan fingerprint density at radius 3 is 2.59 bits per heavy atom. The van der Waals surface area contributed by atoms with E-state index in [0.29, 0.717) is 23.6 Å². The summed E-state index contributed by atoms with van der Waals surface area (Å²) in [5, 5.41) is 7.88. The third-order valence-corrected chi connectivity index (χ3v) is 4.02. The van der Waals surface area contributed by atoms with Crippen molar-refractivity contribution in [2.45, 2.75) is 20.3 Å². The monoisotopic (exact) mass is 362 g/mol. The minimum absolute atomic E-state index is 0.0365. The summed E-state index contributed by atoms with van der Waals surface area (Å²) < 4.78 is 0. The number of aromatic amines is 1. The number of H-pyrrole nitrogens is 1. The first-order chi connectivity index (χ1) is 13.0. The average Bonchev–Trinajstić information content (AvgIpc) is 3.05. The van der Waals surface area contributed by atoms with E-state index < -0.39 is 0 Å². The van der Waals surface area contributed by atoms with Crippen molar-refractivity contribution < 1.29 is 9.59 Å². The second-order valence-electron chi connectivity index (χ2n) is 6.71. The van der Waals surface area contributed by atoms with Crippen LogP contribution in [-0.2, 0) is 4.79 Å². The molecule has 0 fully saturated rings. The molecule has 3 rings (SSSR count). The molecule has 0 spiro atoms. The molecule has 0 aliphatic rings. The van der Waals surface area contributed by atoms with Crippen LogP contribution in [0.3, 0.4) is 0 Å². The number of nitrogens with one attached hydrogen (secondary N) is 3. The lowest BCUT2D eigenvalue weighted by molar-refractivity contribution is -0.116. The number of carbonyl (C=O) groups excluding carboxylic acids is 2. The normalized spacial score (nSPS) is 11.2. The van der Waals surface area contributed by atoms with Crippen molar-refractivity contribution >= 4 is 34.6 Å². The van der Waals surface area contributed by atoms with Gasteiger partial charge in [-0.05, 0) is 36.2 Å². The smallest absolute Gasteiger partial charge is 0.271 e. The maximum Gasteiger partial charge on any atom is 0.271 e. The highest BCUT2D eigenvalue weighted by Gasteiger charge is 2.07. The summed E-state index contributed by atoms with van der Waals surface area (Å²) in [6.45, 7) is 3.98. The van der Waals surface area contributed by atoms with Crippen molar-refractivity contribution in [1.82, 2.24) is 10.4 Å². The van der Waals surface area contributed by atoms with Crippen LogP contribution >= 0.6 is 0 Å². The molecule has 1 heterocycles. The number of nitrogens with zero attached hydrogens (tertiary/aromatic N) is 1. The van der Waals surface area contributed by atoms with E-state index in [0.717, 1.165) is 16.5 Å². The van der Waals surface area contributed by atoms with Crippen molar-refractivity contribution in [2.24, 2.45) is 11.0 Å². The standard InChI is InChI=1S/C21H22N4O2/c1-14(2)11-20(26)24-17-9-7-15(8-10-17)21(27)25-23-13-16-12-22-19-6-4-3-5-18(16)19/h3-10,12-14,22H,11H2,1-2H3,(H,24,26)(H,25,27). The summed E-state index contributed by atoms with van der Waals surface area (Å²) in [7, 11) is 0. The molecule has 3 N–H and O–H groups in total. The van der Waals surface area contributed by atoms with E-state index in [1.54, 1.807) is 30.5 Å². The third-order valence-electron chi connectivity index (χ3n) is 4.02. The molecule has 6 heteroatoms. The molecule has 6 nitrogen and oxygen atoms in total. The number of carbonyl (C=O) groups is 2. The van der Waals surface area contributed by atoms with Gasteiger partial charge in [0.05, 0.1) is 6.21 Å². The highest BCUT2D eigenvalue weighted by Crippen LogP contribution is 2.15. The van der Waals surface area contributed by atoms with Gasteiger partial charge in [0.2, 0.25) is 5.91 Å². The highest BCUT2D eigenvalue weighted by atomic mass is 16.2. The third kappa shape index (κ3) is 4.82. The topological polar surface area (TPSA) is 86.3 Å². The van der Waals surface area contributed by atoms with E-state index in [4.69, 9.17) is 0 Å². The predicted octanol–water partition coefficient (Wildman–Crippen LogP) is 3.92. The number of hydrazone groups is 1. The highest BCUT2D eigenvalue weighted by molar-refractivity contribution is 6.00. The zero-order valence-corrected chi connectivity index (χ0v) is 15.3. The molecule has 0 atom stereocenters. The SMILES string of the molecule is CC(C)CC(=O)Nc1ccc(C(=O)NN=Cc2c[nH]c3ccccc23)cc1. The van der Waals surface area contributed by atoms with Gasteiger partial charge >= 0.3 is 0 Å². The molecule has 2 aromatic carbocycles. The second-order valence-corrected chi connectivity index (χ2v) is 6.71. The Kier molecular flexibility index (Phi) is 5.66. The molecule has 0 bridgehead atoms. The van der Waals surface area contributed by atoms with Crippen molar-refractivity contribution in [3.63, 3.8) is 0 Å². The number of para-hydroxylation sites is 1. The summed E-state index contributed by atoms with van der Waals surface area (Å²) in [5.74, 6) is -0.0539. The van der Waals surface area contributed by atoms with Gasteiger partial charge in [-0.1, -0.05) is 32.0 Å². The summed E-state index contributed by atoms with van der Waals surface area (Å²) in [4.78, 5) is 27.1. The summed E-state index contributed by atoms with van der Waals surface area (Å²) in [5.41, 5.74) is 5.56. The quantitative estimate of drug-likeness (QED) is 0.458. The van der Waals surface area contributed by atoms with Crippen molar-refractivity contribution in [3.8, 4) is 0 Å². The molecule has 2 amide bonds. The molecule has 0 aliphatic heterocycles. The van der Waals surface area contributed by atoms with Crippen molar-refractivity contribution in [2.75, 3.05) is 5.32 Å². The molecule has 0 unspecified atom stereocenters. The molecular weight excluding hydrogens is 340 g/mol. The van der Waals surface area contributed by atoms with Crippen LogP contribution in [0.5, 0.6) is 0 Å². The Hall–Kier alpha value is -3.41. The maximum absolute atomic E-state index is 12.2. The lowest BCUT2D eigenvalue weighted by atomic mass is 10.1. The number of anilines is 1. The first-order valence-corrected chi connectivity index (χ1v) is 8.82. The number of hydrogen-bond acceptors (Lipinski definition) is 3. The minimum atomic E-state index is -0.314. The number of amides is 2. The number of fused-ring (bicyclic) bond motifs is 1. The van der Waals surface area contributed by atoms with Gasteiger partial charge in [-0.3, -0.25) is 9.59 Å². The Labute approximate surface area is 157 Å². The van der Waals surface area contributed by atoms with Crippen LogP contribution in [0.25, 0.3) is 10.9 Å². The van der Waals surface area contributed by atoms with Gasteiger partial charge in [-0.2, -0.15) is 5.10 Å². The van der Waals surface area contributed by atoms with Crippen LogP contribution in [0, 0.1) is 5.92 Å². The van der Waals surface area contributed by atoms with Crippen molar-refractivity contribution in [1.29, 1.82) is 0 Å². The van der Waals surface area contributed by atoms with Gasteiger partial charge in [-0.15, -0.1) is 0 Å². The van der Waals surface area contributed by atoms with E-state index in [-0.39, 0.29) is 11.8 Å². The Morgan fingerprint density at radius 2 is 1.85 bits per heavy atom. The number of benzene rings is 2. The van der Waals surface area contributed by atoms with Gasteiger partial charge in [0.1, 0.15) is 0 Å². The van der Waals surface area contributed by atoms with Crippen molar-refractivity contribution in [3.05, 3.63) is 65.9 Å². The summed E-state index contributed by atoms with van der Waals surface area (Å²) in [6.07, 6.45) is 3.91. The molecule has 3 aromatic rings. The fraction of sp³-hybridized carbons (Fsp3) is 0.190. The lowest BCUT2D eigenvalue weighted by Crippen LogP contribution is -2.18. The van der Waals surface area contributed by atoms with Crippen LogP contribution in [0.1, 0.15) is 36.2 Å². The van der Waals surface area contributed by atoms with Crippen LogP contribution in [0.4, 0.5) is 5.69 Å². The van der Waals surface area contributed by atoms with Crippen LogP contribution < -0.4 is 10.7 Å². The van der Waals surface area contributed by atoms with Gasteiger partial charge < -0.3 is 10.3 Å². The molecule has 1 aromatic heterocycles. The van der Waals surface area contributed by atoms with Gasteiger partial charge in [0.25, 0.3) is 5.91 Å². The maximum atomic E-state index is 12.2. The van der Waals surface area contributed by atoms with Gasteiger partial charge in [-0.25, -0.2) is 5.43 Å².